The van der Waals surface area contributed by atoms with Gasteiger partial charge in [-0.2, -0.15) is 0 Å². The highest BCUT2D eigenvalue weighted by Gasteiger charge is 2.60. The minimum absolute atomic E-state index is 0.0986. The smallest absolute Gasteiger partial charge is 0.321 e. The summed E-state index contributed by atoms with van der Waals surface area (Å²) in [5, 5.41) is 0. The molecule has 0 spiro atoms. The van der Waals surface area contributed by atoms with Gasteiger partial charge in [0.15, 0.2) is 5.78 Å². The molecule has 2 rings (SSSR count). The van der Waals surface area contributed by atoms with Crippen LogP contribution in [0.4, 0.5) is 0 Å². The second-order valence-corrected chi connectivity index (χ2v) is 4.07. The maximum absolute atomic E-state index is 11.9. The van der Waals surface area contributed by atoms with Crippen LogP contribution in [0.25, 0.3) is 0 Å². The van der Waals surface area contributed by atoms with E-state index in [1.54, 1.807) is 6.08 Å². The summed E-state index contributed by atoms with van der Waals surface area (Å²) in [6, 6.07) is 0. The number of esters is 1. The first kappa shape index (κ1) is 9.97. The predicted octanol–water partition coefficient (Wildman–Crippen LogP) is 1.09. The monoisotopic (exact) mass is 204 g/mol. The summed E-state index contributed by atoms with van der Waals surface area (Å²) >= 11 is 0. The first-order valence-electron chi connectivity index (χ1n) is 4.98. The van der Waals surface area contributed by atoms with Gasteiger partial charge in [0.05, 0.1) is 0 Å². The number of carbonyl (C=O) groups is 2. The number of cyclic esters (lactones) is 1. The fourth-order valence-corrected chi connectivity index (χ4v) is 2.51. The molecule has 1 heterocycles. The number of ether oxygens (including phenoxy) is 1. The van der Waals surface area contributed by atoms with Crippen molar-refractivity contribution in [1.82, 2.24) is 0 Å². The highest BCUT2D eigenvalue weighted by Crippen LogP contribution is 2.47. The number of hydrogen-bond acceptors (Lipinski definition) is 3. The number of rotatable bonds is 1. The van der Waals surface area contributed by atoms with Crippen molar-refractivity contribution in [3.8, 4) is 12.3 Å². The summed E-state index contributed by atoms with van der Waals surface area (Å²) in [5.74, 6) is 1.67. The van der Waals surface area contributed by atoms with E-state index in [9.17, 15) is 9.59 Å². The fraction of sp³-hybridized carbons (Fsp3) is 0.500. The molecule has 1 aliphatic carbocycles. The van der Waals surface area contributed by atoms with Crippen molar-refractivity contribution in [3.05, 3.63) is 12.2 Å². The molecule has 1 saturated heterocycles. The van der Waals surface area contributed by atoms with Crippen molar-refractivity contribution < 1.29 is 14.3 Å². The van der Waals surface area contributed by atoms with Gasteiger partial charge in [0.2, 0.25) is 0 Å². The second kappa shape index (κ2) is 3.23. The van der Waals surface area contributed by atoms with Gasteiger partial charge in [0, 0.05) is 12.3 Å². The molecule has 0 radical (unpaired) electrons. The Morgan fingerprint density at radius 1 is 1.67 bits per heavy atom. The molecular formula is C12H12O3. The average molecular weight is 204 g/mol. The zero-order valence-corrected chi connectivity index (χ0v) is 8.53. The quantitative estimate of drug-likeness (QED) is 0.365. The number of carbonyl (C=O) groups excluding carboxylic acids is 2. The largest absolute Gasteiger partial charge is 0.462 e. The first-order chi connectivity index (χ1) is 7.13. The SMILES string of the molecule is C#CC[C@]12C(=O)C=CC[C@H]1[C@@H](C)OC2=O. The van der Waals surface area contributed by atoms with Crippen LogP contribution < -0.4 is 0 Å². The maximum atomic E-state index is 11.9. The lowest BCUT2D eigenvalue weighted by molar-refractivity contribution is -0.151. The Kier molecular flexibility index (Phi) is 2.15. The van der Waals surface area contributed by atoms with Crippen molar-refractivity contribution in [3.63, 3.8) is 0 Å². The summed E-state index contributed by atoms with van der Waals surface area (Å²) in [4.78, 5) is 23.6. The van der Waals surface area contributed by atoms with Crippen molar-refractivity contribution >= 4 is 11.8 Å². The molecule has 0 aromatic carbocycles. The minimum atomic E-state index is -1.09. The Labute approximate surface area is 88.5 Å². The highest BCUT2D eigenvalue weighted by atomic mass is 16.6. The van der Waals surface area contributed by atoms with Gasteiger partial charge in [-0.3, -0.25) is 9.59 Å². The normalized spacial score (nSPS) is 38.4. The molecule has 0 unspecified atom stereocenters. The average Bonchev–Trinajstić information content (AvgIpc) is 2.43. The van der Waals surface area contributed by atoms with Crippen LogP contribution in [0.2, 0.25) is 0 Å². The maximum Gasteiger partial charge on any atom is 0.321 e. The third kappa shape index (κ3) is 1.14. The molecule has 15 heavy (non-hydrogen) atoms. The number of allylic oxidation sites excluding steroid dienone is 2. The molecule has 0 aromatic rings. The van der Waals surface area contributed by atoms with Crippen LogP contribution >= 0.6 is 0 Å². The Balaban J connectivity index is 2.50. The first-order valence-corrected chi connectivity index (χ1v) is 4.98. The van der Waals surface area contributed by atoms with Crippen LogP contribution in [0.3, 0.4) is 0 Å². The lowest BCUT2D eigenvalue weighted by Crippen LogP contribution is -2.42. The van der Waals surface area contributed by atoms with E-state index in [1.165, 1.54) is 6.08 Å². The van der Waals surface area contributed by atoms with Gasteiger partial charge in [-0.1, -0.05) is 6.08 Å². The molecular weight excluding hydrogens is 192 g/mol. The van der Waals surface area contributed by atoms with Crippen LogP contribution in [0.5, 0.6) is 0 Å². The molecule has 0 saturated carbocycles. The Morgan fingerprint density at radius 2 is 2.40 bits per heavy atom. The van der Waals surface area contributed by atoms with Crippen LogP contribution in [-0.4, -0.2) is 17.9 Å². The second-order valence-electron chi connectivity index (χ2n) is 4.07. The summed E-state index contributed by atoms with van der Waals surface area (Å²) in [5.41, 5.74) is -1.09. The van der Waals surface area contributed by atoms with Crippen molar-refractivity contribution in [2.24, 2.45) is 11.3 Å². The van der Waals surface area contributed by atoms with E-state index < -0.39 is 11.4 Å². The number of ketones is 1. The zero-order valence-electron chi connectivity index (χ0n) is 8.53. The molecule has 3 nitrogen and oxygen atoms in total. The number of fused-ring (bicyclic) bond motifs is 1. The van der Waals surface area contributed by atoms with Gasteiger partial charge in [0.1, 0.15) is 11.5 Å². The van der Waals surface area contributed by atoms with E-state index in [4.69, 9.17) is 11.2 Å². The Bertz CT molecular complexity index is 388. The van der Waals surface area contributed by atoms with Gasteiger partial charge in [-0.25, -0.2) is 0 Å². The van der Waals surface area contributed by atoms with Crippen molar-refractivity contribution in [2.45, 2.75) is 25.9 Å². The van der Waals surface area contributed by atoms with Crippen LogP contribution in [0.1, 0.15) is 19.8 Å². The van der Waals surface area contributed by atoms with Crippen LogP contribution in [0, 0.1) is 23.7 Å². The molecule has 3 heteroatoms. The lowest BCUT2D eigenvalue weighted by atomic mass is 9.66. The van der Waals surface area contributed by atoms with Gasteiger partial charge in [-0.15, -0.1) is 12.3 Å². The molecule has 0 N–H and O–H groups in total. The third-order valence-corrected chi connectivity index (χ3v) is 3.34. The summed E-state index contributed by atoms with van der Waals surface area (Å²) < 4.78 is 5.14. The summed E-state index contributed by atoms with van der Waals surface area (Å²) in [6.07, 6.45) is 9.09. The van der Waals surface area contributed by atoms with Crippen molar-refractivity contribution in [1.29, 1.82) is 0 Å². The molecule has 78 valence electrons. The Morgan fingerprint density at radius 3 is 3.07 bits per heavy atom. The molecule has 1 fully saturated rings. The van der Waals surface area contributed by atoms with E-state index in [-0.39, 0.29) is 24.2 Å². The van der Waals surface area contributed by atoms with Gasteiger partial charge in [0.25, 0.3) is 0 Å². The number of terminal acetylenes is 1. The van der Waals surface area contributed by atoms with E-state index in [0.29, 0.717) is 6.42 Å². The zero-order chi connectivity index (χ0) is 11.1. The minimum Gasteiger partial charge on any atom is -0.462 e. The van der Waals surface area contributed by atoms with Crippen molar-refractivity contribution in [2.75, 3.05) is 0 Å². The lowest BCUT2D eigenvalue weighted by Gasteiger charge is -2.29. The van der Waals surface area contributed by atoms with Crippen LogP contribution in [0.15, 0.2) is 12.2 Å². The van der Waals surface area contributed by atoms with E-state index in [0.717, 1.165) is 0 Å². The topological polar surface area (TPSA) is 43.4 Å². The molecule has 3 atom stereocenters. The van der Waals surface area contributed by atoms with Gasteiger partial charge >= 0.3 is 5.97 Å². The van der Waals surface area contributed by atoms with Crippen LogP contribution in [-0.2, 0) is 14.3 Å². The molecule has 0 amide bonds. The standard InChI is InChI=1S/C12H12O3/c1-3-7-12-9(5-4-6-10(12)13)8(2)15-11(12)14/h1,4,6,8-9H,5,7H2,2H3/t8-,9+,12-/m1/s1. The fourth-order valence-electron chi connectivity index (χ4n) is 2.51. The molecule has 2 aliphatic rings. The van der Waals surface area contributed by atoms with E-state index in [2.05, 4.69) is 5.92 Å². The van der Waals surface area contributed by atoms with Gasteiger partial charge in [-0.05, 0) is 19.4 Å². The highest BCUT2D eigenvalue weighted by molar-refractivity contribution is 6.11. The van der Waals surface area contributed by atoms with E-state index in [1.807, 2.05) is 6.92 Å². The van der Waals surface area contributed by atoms with Gasteiger partial charge < -0.3 is 4.74 Å². The Hall–Kier alpha value is -1.56. The molecule has 0 aromatic heterocycles. The molecule has 0 bridgehead atoms. The summed E-state index contributed by atoms with van der Waals surface area (Å²) in [7, 11) is 0. The van der Waals surface area contributed by atoms with E-state index >= 15 is 0 Å². The predicted molar refractivity (Wildman–Crippen MR) is 53.7 cm³/mol. The summed E-state index contributed by atoms with van der Waals surface area (Å²) in [6.45, 7) is 1.81. The number of hydrogen-bond donors (Lipinski definition) is 0. The molecule has 1 aliphatic heterocycles. The third-order valence-electron chi connectivity index (χ3n) is 3.34.